The Kier molecular flexibility index (Phi) is 4.73. The molecule has 98 valence electrons. The molecule has 0 fully saturated rings. The monoisotopic (exact) mass is 259 g/mol. The molecule has 7 heteroatoms. The first kappa shape index (κ1) is 14.0. The van der Waals surface area contributed by atoms with E-state index < -0.39 is 24.5 Å². The fraction of sp³-hybridized carbons (Fsp3) is 0.273. The van der Waals surface area contributed by atoms with Gasteiger partial charge in [-0.3, -0.25) is 4.79 Å². The van der Waals surface area contributed by atoms with Gasteiger partial charge in [-0.15, -0.1) is 0 Å². The molecule has 0 spiro atoms. The van der Waals surface area contributed by atoms with Crippen LogP contribution in [0.3, 0.4) is 0 Å². The highest BCUT2D eigenvalue weighted by atomic mass is 19.3. The number of carboxylic acids is 2. The first-order chi connectivity index (χ1) is 8.40. The predicted octanol–water partition coefficient (Wildman–Crippen LogP) is 1.19. The molecular weight excluding hydrogens is 248 g/mol. The van der Waals surface area contributed by atoms with Gasteiger partial charge in [-0.1, -0.05) is 12.1 Å². The highest BCUT2D eigenvalue weighted by Gasteiger charge is 2.21. The van der Waals surface area contributed by atoms with Crippen LogP contribution in [0.5, 0.6) is 0 Å². The number of rotatable bonds is 6. The number of hydrogen-bond donors (Lipinski definition) is 3. The minimum absolute atomic E-state index is 0.0486. The zero-order valence-corrected chi connectivity index (χ0v) is 9.14. The van der Waals surface area contributed by atoms with Crippen molar-refractivity contribution in [2.75, 3.05) is 0 Å². The maximum absolute atomic E-state index is 12.1. The molecule has 5 nitrogen and oxygen atoms in total. The summed E-state index contributed by atoms with van der Waals surface area (Å²) in [5, 5.41) is 19.0. The number of carbonyl (C=O) groups is 2. The number of carboxylic acid groups (broad SMARTS) is 2. The molecule has 3 N–H and O–H groups in total. The van der Waals surface area contributed by atoms with E-state index in [1.807, 2.05) is 0 Å². The van der Waals surface area contributed by atoms with Crippen LogP contribution < -0.4 is 5.32 Å². The fourth-order valence-electron chi connectivity index (χ4n) is 1.39. The van der Waals surface area contributed by atoms with Gasteiger partial charge in [0.25, 0.3) is 6.55 Å². The lowest BCUT2D eigenvalue weighted by atomic mass is 10.0. The van der Waals surface area contributed by atoms with Gasteiger partial charge in [-0.25, -0.2) is 10.1 Å². The minimum atomic E-state index is -2.93. The Balaban J connectivity index is 2.75. The molecule has 0 radical (unpaired) electrons. The zero-order valence-electron chi connectivity index (χ0n) is 9.14. The minimum Gasteiger partial charge on any atom is -0.480 e. The normalized spacial score (nSPS) is 12.4. The number of aromatic carboxylic acids is 1. The SMILES string of the molecule is O=C(O)c1ccc(C[C@H](NC(F)F)C(=O)O)cc1. The van der Waals surface area contributed by atoms with Crippen molar-refractivity contribution in [1.82, 2.24) is 5.32 Å². The Labute approximate surface area is 101 Å². The molecule has 1 aromatic carbocycles. The first-order valence-corrected chi connectivity index (χ1v) is 4.99. The highest BCUT2D eigenvalue weighted by molar-refractivity contribution is 5.87. The van der Waals surface area contributed by atoms with E-state index in [2.05, 4.69) is 0 Å². The van der Waals surface area contributed by atoms with Gasteiger partial charge in [0, 0.05) is 0 Å². The highest BCUT2D eigenvalue weighted by Crippen LogP contribution is 2.08. The van der Waals surface area contributed by atoms with E-state index in [1.165, 1.54) is 24.3 Å². The maximum Gasteiger partial charge on any atom is 0.335 e. The molecule has 0 aliphatic carbocycles. The molecule has 0 amide bonds. The lowest BCUT2D eigenvalue weighted by Gasteiger charge is -2.13. The van der Waals surface area contributed by atoms with Crippen LogP contribution in [0.15, 0.2) is 24.3 Å². The first-order valence-electron chi connectivity index (χ1n) is 4.99. The number of hydrogen-bond acceptors (Lipinski definition) is 3. The summed E-state index contributed by atoms with van der Waals surface area (Å²) < 4.78 is 24.1. The number of halogens is 2. The van der Waals surface area contributed by atoms with E-state index >= 15 is 0 Å². The number of aliphatic carboxylic acids is 1. The van der Waals surface area contributed by atoms with Gasteiger partial charge < -0.3 is 10.2 Å². The summed E-state index contributed by atoms with van der Waals surface area (Å²) in [5.74, 6) is -2.50. The van der Waals surface area contributed by atoms with Crippen molar-refractivity contribution in [2.45, 2.75) is 19.0 Å². The second-order valence-corrected chi connectivity index (χ2v) is 3.56. The van der Waals surface area contributed by atoms with Crippen LogP contribution in [0.1, 0.15) is 15.9 Å². The quantitative estimate of drug-likeness (QED) is 0.668. The Morgan fingerprint density at radius 2 is 1.72 bits per heavy atom. The molecule has 0 aliphatic rings. The molecule has 0 saturated heterocycles. The van der Waals surface area contributed by atoms with E-state index in [-0.39, 0.29) is 12.0 Å². The molecule has 0 aliphatic heterocycles. The van der Waals surface area contributed by atoms with Crippen molar-refractivity contribution in [3.8, 4) is 0 Å². The van der Waals surface area contributed by atoms with Gasteiger partial charge in [0.05, 0.1) is 5.56 Å². The predicted molar refractivity (Wildman–Crippen MR) is 57.7 cm³/mol. The van der Waals surface area contributed by atoms with E-state index in [9.17, 15) is 18.4 Å². The molecule has 0 unspecified atom stereocenters. The topological polar surface area (TPSA) is 86.6 Å². The second kappa shape index (κ2) is 6.06. The summed E-state index contributed by atoms with van der Waals surface area (Å²) in [4.78, 5) is 21.3. The van der Waals surface area contributed by atoms with Crippen LogP contribution in [0.25, 0.3) is 0 Å². The van der Waals surface area contributed by atoms with Crippen molar-refractivity contribution in [3.05, 3.63) is 35.4 Å². The molecule has 0 heterocycles. The molecule has 0 saturated carbocycles. The average molecular weight is 259 g/mol. The third kappa shape index (κ3) is 4.10. The molecule has 0 bridgehead atoms. The number of nitrogens with one attached hydrogen (secondary N) is 1. The van der Waals surface area contributed by atoms with Crippen LogP contribution >= 0.6 is 0 Å². The molecule has 1 aromatic rings. The Morgan fingerprint density at radius 1 is 1.17 bits per heavy atom. The van der Waals surface area contributed by atoms with Gasteiger partial charge in [-0.05, 0) is 24.1 Å². The summed E-state index contributed by atoms with van der Waals surface area (Å²) in [7, 11) is 0. The van der Waals surface area contributed by atoms with Crippen LogP contribution in [-0.2, 0) is 11.2 Å². The van der Waals surface area contributed by atoms with E-state index in [0.717, 1.165) is 0 Å². The fourth-order valence-corrected chi connectivity index (χ4v) is 1.39. The van der Waals surface area contributed by atoms with Crippen molar-refractivity contribution >= 4 is 11.9 Å². The molecular formula is C11H11F2NO4. The molecule has 1 atom stereocenters. The standard InChI is InChI=1S/C11H11F2NO4/c12-11(13)14-8(10(17)18)5-6-1-3-7(4-2-6)9(15)16/h1-4,8,11,14H,5H2,(H,15,16)(H,17,18)/t8-/m0/s1. The summed E-state index contributed by atoms with van der Waals surface area (Å²) in [6.45, 7) is -2.93. The van der Waals surface area contributed by atoms with Gasteiger partial charge in [0.1, 0.15) is 6.04 Å². The van der Waals surface area contributed by atoms with Crippen LogP contribution in [0, 0.1) is 0 Å². The van der Waals surface area contributed by atoms with Crippen LogP contribution in [-0.4, -0.2) is 34.7 Å². The Bertz CT molecular complexity index is 433. The van der Waals surface area contributed by atoms with Gasteiger partial charge >= 0.3 is 11.9 Å². The smallest absolute Gasteiger partial charge is 0.335 e. The van der Waals surface area contributed by atoms with E-state index in [4.69, 9.17) is 10.2 Å². The van der Waals surface area contributed by atoms with E-state index in [0.29, 0.717) is 5.56 Å². The third-order valence-electron chi connectivity index (χ3n) is 2.27. The van der Waals surface area contributed by atoms with E-state index in [1.54, 1.807) is 5.32 Å². The molecule has 0 aromatic heterocycles. The van der Waals surface area contributed by atoms with Gasteiger partial charge in [0.15, 0.2) is 0 Å². The largest absolute Gasteiger partial charge is 0.480 e. The Morgan fingerprint density at radius 3 is 2.11 bits per heavy atom. The maximum atomic E-state index is 12.1. The average Bonchev–Trinajstić information content (AvgIpc) is 2.28. The number of alkyl halides is 2. The lowest BCUT2D eigenvalue weighted by Crippen LogP contribution is -2.41. The second-order valence-electron chi connectivity index (χ2n) is 3.56. The van der Waals surface area contributed by atoms with Gasteiger partial charge in [0.2, 0.25) is 0 Å². The summed E-state index contributed by atoms with van der Waals surface area (Å²) >= 11 is 0. The van der Waals surface area contributed by atoms with Crippen LogP contribution in [0.2, 0.25) is 0 Å². The number of benzene rings is 1. The third-order valence-corrected chi connectivity index (χ3v) is 2.27. The van der Waals surface area contributed by atoms with Crippen molar-refractivity contribution < 1.29 is 28.6 Å². The lowest BCUT2D eigenvalue weighted by molar-refractivity contribution is -0.140. The molecule has 1 rings (SSSR count). The Hall–Kier alpha value is -2.02. The summed E-state index contributed by atoms with van der Waals surface area (Å²) in [6, 6.07) is 3.96. The summed E-state index contributed by atoms with van der Waals surface area (Å²) in [6.07, 6.45) is -0.153. The van der Waals surface area contributed by atoms with Crippen molar-refractivity contribution in [3.63, 3.8) is 0 Å². The van der Waals surface area contributed by atoms with Gasteiger partial charge in [-0.2, -0.15) is 8.78 Å². The molecule has 18 heavy (non-hydrogen) atoms. The summed E-state index contributed by atoms with van der Waals surface area (Å²) in [5.41, 5.74) is 0.507. The van der Waals surface area contributed by atoms with Crippen LogP contribution in [0.4, 0.5) is 8.78 Å². The van der Waals surface area contributed by atoms with Crippen molar-refractivity contribution in [1.29, 1.82) is 0 Å². The zero-order chi connectivity index (χ0) is 13.7. The van der Waals surface area contributed by atoms with Crippen molar-refractivity contribution in [2.24, 2.45) is 0 Å².